The van der Waals surface area contributed by atoms with Crippen LogP contribution in [-0.2, 0) is 0 Å². The number of carbonyl (C=O) groups excluding carboxylic acids is 1. The lowest BCUT2D eigenvalue weighted by Crippen LogP contribution is -2.46. The number of β-amino-alcohol motifs (C(OH)–C–C–N with tert-alkyl or cyclic N) is 1. The van der Waals surface area contributed by atoms with E-state index in [1.54, 1.807) is 22.2 Å². The molecule has 0 bridgehead atoms. The Morgan fingerprint density at radius 2 is 2.23 bits per heavy atom. The van der Waals surface area contributed by atoms with Crippen molar-refractivity contribution in [2.45, 2.75) is 19.1 Å². The van der Waals surface area contributed by atoms with Gasteiger partial charge in [0.25, 0.3) is 0 Å². The van der Waals surface area contributed by atoms with Crippen LogP contribution in [0.25, 0.3) is 5.70 Å². The summed E-state index contributed by atoms with van der Waals surface area (Å²) in [4.78, 5) is 23.5. The maximum absolute atomic E-state index is 12.9. The number of amidine groups is 1. The third-order valence-electron chi connectivity index (χ3n) is 4.91. The molecule has 2 amide bonds. The smallest absolute Gasteiger partial charge is 0.342 e. The standard InChI is InChI=1S/C16H19N7O3/c17-21-9-18-12(11-2-1-7-26-11)13-14(21)19-15-20(5-6-24)16(25)22(23(13)15)8-10-3-4-10/h1-2,7,9-10,15,24H,3-6,8,17H2. The average Bonchev–Trinajstić information content (AvgIpc) is 3.05. The fourth-order valence-electron chi connectivity index (χ4n) is 3.49. The first kappa shape index (κ1) is 15.4. The van der Waals surface area contributed by atoms with Crippen molar-refractivity contribution < 1.29 is 14.3 Å². The molecule has 1 aromatic rings. The number of amides is 2. The molecule has 0 radical (unpaired) electrons. The van der Waals surface area contributed by atoms with Crippen LogP contribution in [0, 0.1) is 5.92 Å². The van der Waals surface area contributed by atoms with E-state index in [0.29, 0.717) is 35.5 Å². The summed E-state index contributed by atoms with van der Waals surface area (Å²) in [5.41, 5.74) is 1.22. The first-order valence-electron chi connectivity index (χ1n) is 8.61. The van der Waals surface area contributed by atoms with E-state index >= 15 is 0 Å². The second-order valence-corrected chi connectivity index (χ2v) is 6.70. The molecule has 1 saturated heterocycles. The molecule has 1 unspecified atom stereocenters. The highest BCUT2D eigenvalue weighted by atomic mass is 16.3. The highest BCUT2D eigenvalue weighted by Crippen LogP contribution is 2.41. The summed E-state index contributed by atoms with van der Waals surface area (Å²) in [5, 5.41) is 14.3. The van der Waals surface area contributed by atoms with Crippen molar-refractivity contribution in [2.24, 2.45) is 21.7 Å². The van der Waals surface area contributed by atoms with Gasteiger partial charge >= 0.3 is 6.03 Å². The number of urea groups is 1. The molecule has 1 saturated carbocycles. The highest BCUT2D eigenvalue weighted by molar-refractivity contribution is 6.12. The molecule has 2 fully saturated rings. The van der Waals surface area contributed by atoms with Crippen molar-refractivity contribution in [1.29, 1.82) is 0 Å². The van der Waals surface area contributed by atoms with Gasteiger partial charge in [0.1, 0.15) is 17.7 Å². The average molecular weight is 357 g/mol. The zero-order chi connectivity index (χ0) is 17.8. The van der Waals surface area contributed by atoms with Gasteiger partial charge in [-0.25, -0.2) is 35.6 Å². The first-order valence-corrected chi connectivity index (χ1v) is 8.61. The molecule has 4 aliphatic rings. The monoisotopic (exact) mass is 357 g/mol. The summed E-state index contributed by atoms with van der Waals surface area (Å²) >= 11 is 0. The number of carbonyl (C=O) groups is 1. The molecule has 3 N–H and O–H groups in total. The van der Waals surface area contributed by atoms with Crippen molar-refractivity contribution in [3.63, 3.8) is 0 Å². The van der Waals surface area contributed by atoms with Crippen LogP contribution in [-0.4, -0.2) is 69.2 Å². The van der Waals surface area contributed by atoms with E-state index in [1.165, 1.54) is 11.3 Å². The second-order valence-electron chi connectivity index (χ2n) is 6.70. The molecule has 3 aliphatic heterocycles. The Morgan fingerprint density at radius 3 is 2.92 bits per heavy atom. The number of nitrogens with two attached hydrogens (primary N) is 1. The minimum Gasteiger partial charge on any atom is -0.463 e. The van der Waals surface area contributed by atoms with Gasteiger partial charge < -0.3 is 9.52 Å². The number of fused-ring (bicyclic) bond motifs is 3. The lowest BCUT2D eigenvalue weighted by Gasteiger charge is -2.30. The van der Waals surface area contributed by atoms with Gasteiger partial charge in [-0.3, -0.25) is 4.90 Å². The van der Waals surface area contributed by atoms with Gasteiger partial charge in [-0.1, -0.05) is 0 Å². The van der Waals surface area contributed by atoms with Gasteiger partial charge in [0.2, 0.25) is 6.29 Å². The third-order valence-corrected chi connectivity index (χ3v) is 4.91. The summed E-state index contributed by atoms with van der Waals surface area (Å²) in [6.07, 6.45) is 4.70. The maximum Gasteiger partial charge on any atom is 0.342 e. The van der Waals surface area contributed by atoms with Gasteiger partial charge in [0.05, 0.1) is 12.9 Å². The predicted molar refractivity (Wildman–Crippen MR) is 91.8 cm³/mol. The molecule has 0 aromatic carbocycles. The molecule has 10 heteroatoms. The summed E-state index contributed by atoms with van der Waals surface area (Å²) in [7, 11) is 0. The molecule has 0 spiro atoms. The van der Waals surface area contributed by atoms with Gasteiger partial charge in [0.15, 0.2) is 11.6 Å². The van der Waals surface area contributed by atoms with E-state index in [2.05, 4.69) is 9.98 Å². The Morgan fingerprint density at radius 1 is 1.38 bits per heavy atom. The number of aliphatic hydroxyl groups excluding tert-OH is 1. The number of hydrogen-bond donors (Lipinski definition) is 2. The van der Waals surface area contributed by atoms with Crippen LogP contribution in [0.2, 0.25) is 0 Å². The van der Waals surface area contributed by atoms with Gasteiger partial charge in [-0.2, -0.15) is 0 Å². The van der Waals surface area contributed by atoms with Gasteiger partial charge in [-0.15, -0.1) is 0 Å². The third kappa shape index (κ3) is 2.15. The van der Waals surface area contributed by atoms with Crippen LogP contribution < -0.4 is 5.84 Å². The van der Waals surface area contributed by atoms with Crippen LogP contribution in [0.1, 0.15) is 18.6 Å². The van der Waals surface area contributed by atoms with Crippen LogP contribution in [0.5, 0.6) is 0 Å². The molecule has 26 heavy (non-hydrogen) atoms. The Bertz CT molecular complexity index is 827. The van der Waals surface area contributed by atoms with Crippen LogP contribution >= 0.6 is 0 Å². The Hall–Kier alpha value is -2.85. The number of hydrogen-bond acceptors (Lipinski definition) is 8. The predicted octanol–water partition coefficient (Wildman–Crippen LogP) is 0.218. The molecule has 5 rings (SSSR count). The summed E-state index contributed by atoms with van der Waals surface area (Å²) in [6, 6.07) is 3.43. The van der Waals surface area contributed by atoms with Gasteiger partial charge in [-0.05, 0) is 30.9 Å². The number of furan rings is 1. The summed E-state index contributed by atoms with van der Waals surface area (Å²) < 4.78 is 5.53. The van der Waals surface area contributed by atoms with Crippen molar-refractivity contribution in [3.05, 3.63) is 29.9 Å². The lowest BCUT2D eigenvalue weighted by molar-refractivity contribution is 0.0576. The largest absolute Gasteiger partial charge is 0.463 e. The number of rotatable bonds is 5. The van der Waals surface area contributed by atoms with E-state index in [9.17, 15) is 9.90 Å². The van der Waals surface area contributed by atoms with E-state index in [-0.39, 0.29) is 19.2 Å². The molecule has 136 valence electrons. The highest BCUT2D eigenvalue weighted by Gasteiger charge is 2.53. The molecule has 10 nitrogen and oxygen atoms in total. The zero-order valence-electron chi connectivity index (χ0n) is 14.0. The van der Waals surface area contributed by atoms with Crippen LogP contribution in [0.4, 0.5) is 4.79 Å². The molecular weight excluding hydrogens is 338 g/mol. The lowest BCUT2D eigenvalue weighted by atomic mass is 10.2. The number of aliphatic imine (C=N–C) groups is 2. The first-order chi connectivity index (χ1) is 12.7. The number of hydrazine groups is 2. The van der Waals surface area contributed by atoms with Crippen molar-refractivity contribution in [2.75, 3.05) is 19.7 Å². The van der Waals surface area contributed by atoms with Gasteiger partial charge in [0, 0.05) is 13.1 Å². The second kappa shape index (κ2) is 5.58. The Balaban J connectivity index is 1.63. The van der Waals surface area contributed by atoms with Crippen molar-refractivity contribution >= 4 is 23.9 Å². The zero-order valence-corrected chi connectivity index (χ0v) is 14.0. The Labute approximate surface area is 149 Å². The molecule has 1 aliphatic carbocycles. The number of aliphatic hydroxyl groups is 1. The maximum atomic E-state index is 12.9. The minimum absolute atomic E-state index is 0.134. The number of nitrogens with zero attached hydrogens (tertiary/aromatic N) is 6. The summed E-state index contributed by atoms with van der Waals surface area (Å²) in [6.45, 7) is 0.682. The fraction of sp³-hybridized carbons (Fsp3) is 0.438. The molecule has 1 atom stereocenters. The van der Waals surface area contributed by atoms with E-state index in [4.69, 9.17) is 10.3 Å². The van der Waals surface area contributed by atoms with E-state index in [0.717, 1.165) is 12.8 Å². The van der Waals surface area contributed by atoms with Crippen LogP contribution in [0.15, 0.2) is 38.5 Å². The topological polar surface area (TPSA) is 114 Å². The van der Waals surface area contributed by atoms with E-state index < -0.39 is 6.29 Å². The molecule has 4 heterocycles. The van der Waals surface area contributed by atoms with E-state index in [1.807, 2.05) is 11.1 Å². The van der Waals surface area contributed by atoms with Crippen molar-refractivity contribution in [3.8, 4) is 0 Å². The van der Waals surface area contributed by atoms with Crippen LogP contribution in [0.3, 0.4) is 0 Å². The fourth-order valence-corrected chi connectivity index (χ4v) is 3.49. The quantitative estimate of drug-likeness (QED) is 0.729. The SMILES string of the molecule is NN1C=NC(c2ccco2)=C2C1=NC1N(CCO)C(=O)N(CC3CC3)N21. The molecular formula is C16H19N7O3. The Kier molecular flexibility index (Phi) is 3.31. The molecule has 1 aromatic heterocycles. The normalized spacial score (nSPS) is 24.6. The minimum atomic E-state index is -0.573. The van der Waals surface area contributed by atoms with Crippen molar-refractivity contribution in [1.82, 2.24) is 19.9 Å². The summed E-state index contributed by atoms with van der Waals surface area (Å²) in [5.74, 6) is 7.64.